The van der Waals surface area contributed by atoms with E-state index in [1.165, 1.54) is 11.3 Å². The summed E-state index contributed by atoms with van der Waals surface area (Å²) in [5.41, 5.74) is 3.20. The van der Waals surface area contributed by atoms with Gasteiger partial charge in [0.2, 0.25) is 0 Å². The summed E-state index contributed by atoms with van der Waals surface area (Å²) in [5.74, 6) is 2.28. The van der Waals surface area contributed by atoms with Gasteiger partial charge in [0.15, 0.2) is 0 Å². The molecule has 3 aromatic carbocycles. The molecule has 0 aliphatic heterocycles. The summed E-state index contributed by atoms with van der Waals surface area (Å²) >= 11 is 1.45. The Morgan fingerprint density at radius 3 is 2.43 bits per heavy atom. The molecule has 1 aromatic heterocycles. The number of aromatic nitrogens is 1. The summed E-state index contributed by atoms with van der Waals surface area (Å²) in [4.78, 5) is 4.65. The van der Waals surface area contributed by atoms with Gasteiger partial charge in [0.25, 0.3) is 0 Å². The fourth-order valence-corrected chi connectivity index (χ4v) is 3.69. The van der Waals surface area contributed by atoms with Gasteiger partial charge in [-0.25, -0.2) is 4.98 Å². The van der Waals surface area contributed by atoms with Crippen LogP contribution in [0.5, 0.6) is 17.2 Å². The molecule has 0 fully saturated rings. The van der Waals surface area contributed by atoms with Crippen LogP contribution in [0.25, 0.3) is 22.9 Å². The molecule has 146 valence electrons. The van der Waals surface area contributed by atoms with Crippen LogP contribution in [0.15, 0.2) is 84.2 Å². The van der Waals surface area contributed by atoms with Crippen molar-refractivity contribution in [1.29, 1.82) is 5.26 Å². The zero-order valence-corrected chi connectivity index (χ0v) is 17.1. The quantitative estimate of drug-likeness (QED) is 0.333. The highest BCUT2D eigenvalue weighted by molar-refractivity contribution is 7.11. The van der Waals surface area contributed by atoms with E-state index in [1.54, 1.807) is 7.11 Å². The third-order valence-corrected chi connectivity index (χ3v) is 5.26. The van der Waals surface area contributed by atoms with Crippen LogP contribution in [-0.2, 0) is 0 Å². The lowest BCUT2D eigenvalue weighted by Crippen LogP contribution is -1.86. The summed E-state index contributed by atoms with van der Waals surface area (Å²) in [6, 6.07) is 27.2. The summed E-state index contributed by atoms with van der Waals surface area (Å²) in [5, 5.41) is 12.3. The number of hydrogen-bond donors (Lipinski definition) is 0. The third kappa shape index (κ3) is 4.57. The molecule has 0 aliphatic rings. The van der Waals surface area contributed by atoms with Crippen LogP contribution in [-0.4, -0.2) is 12.1 Å². The lowest BCUT2D eigenvalue weighted by molar-refractivity contribution is 0.415. The molecular formula is C25H18N2O2S. The Bertz CT molecular complexity index is 1210. The van der Waals surface area contributed by atoms with E-state index in [-0.39, 0.29) is 0 Å². The molecule has 30 heavy (non-hydrogen) atoms. The van der Waals surface area contributed by atoms with Crippen molar-refractivity contribution in [2.75, 3.05) is 7.11 Å². The van der Waals surface area contributed by atoms with Crippen molar-refractivity contribution >= 4 is 23.0 Å². The topological polar surface area (TPSA) is 55.1 Å². The van der Waals surface area contributed by atoms with Crippen LogP contribution < -0.4 is 9.47 Å². The number of nitriles is 1. The number of benzene rings is 3. The maximum atomic E-state index is 9.69. The highest BCUT2D eigenvalue weighted by atomic mass is 32.1. The van der Waals surface area contributed by atoms with Gasteiger partial charge < -0.3 is 9.47 Å². The number of thiazole rings is 1. The number of hydrogen-bond acceptors (Lipinski definition) is 5. The van der Waals surface area contributed by atoms with Gasteiger partial charge in [-0.15, -0.1) is 11.3 Å². The highest BCUT2D eigenvalue weighted by Crippen LogP contribution is 2.29. The number of ether oxygens (including phenoxy) is 2. The van der Waals surface area contributed by atoms with Gasteiger partial charge in [0.05, 0.1) is 18.4 Å². The maximum Gasteiger partial charge on any atom is 0.134 e. The second-order valence-corrected chi connectivity index (χ2v) is 7.28. The first-order chi connectivity index (χ1) is 14.7. The molecule has 0 saturated carbocycles. The fraction of sp³-hybridized carbons (Fsp3) is 0.0400. The maximum absolute atomic E-state index is 9.69. The van der Waals surface area contributed by atoms with Gasteiger partial charge in [0.1, 0.15) is 28.3 Å². The fourth-order valence-electron chi connectivity index (χ4n) is 2.89. The predicted octanol–water partition coefficient (Wildman–Crippen LogP) is 6.68. The largest absolute Gasteiger partial charge is 0.497 e. The van der Waals surface area contributed by atoms with Crippen LogP contribution in [0, 0.1) is 11.3 Å². The molecule has 0 saturated heterocycles. The first-order valence-corrected chi connectivity index (χ1v) is 10.2. The monoisotopic (exact) mass is 410 g/mol. The molecular weight excluding hydrogens is 392 g/mol. The lowest BCUT2D eigenvalue weighted by Gasteiger charge is -2.06. The molecule has 0 spiro atoms. The van der Waals surface area contributed by atoms with Gasteiger partial charge in [-0.1, -0.05) is 30.3 Å². The normalized spacial score (nSPS) is 11.0. The van der Waals surface area contributed by atoms with Crippen LogP contribution in [0.4, 0.5) is 0 Å². The van der Waals surface area contributed by atoms with Crippen LogP contribution in [0.2, 0.25) is 0 Å². The van der Waals surface area contributed by atoms with Gasteiger partial charge >= 0.3 is 0 Å². The Balaban J connectivity index is 1.57. The van der Waals surface area contributed by atoms with Crippen molar-refractivity contribution < 1.29 is 9.47 Å². The Hall–Kier alpha value is -3.88. The minimum absolute atomic E-state index is 0.511. The van der Waals surface area contributed by atoms with Crippen LogP contribution in [0.1, 0.15) is 10.6 Å². The number of rotatable bonds is 6. The van der Waals surface area contributed by atoms with E-state index < -0.39 is 0 Å². The number of nitrogens with zero attached hydrogens (tertiary/aromatic N) is 2. The standard InChI is InChI=1S/C25H18N2O2S/c1-28-21-12-10-19(11-13-21)24-17-30-25(27-24)20(16-26)14-18-6-5-9-23(15-18)29-22-7-3-2-4-8-22/h2-15,17H,1H3/b20-14+. The zero-order chi connectivity index (χ0) is 20.8. The van der Waals surface area contributed by atoms with Crippen molar-refractivity contribution in [3.05, 3.63) is 94.8 Å². The molecule has 0 amide bonds. The molecule has 0 bridgehead atoms. The first-order valence-electron chi connectivity index (χ1n) is 9.30. The SMILES string of the molecule is COc1ccc(-c2csc(/C(C#N)=C/c3cccc(Oc4ccccc4)c3)n2)cc1. The van der Waals surface area contributed by atoms with Crippen molar-refractivity contribution in [2.45, 2.75) is 0 Å². The summed E-state index contributed by atoms with van der Waals surface area (Å²) in [6.07, 6.45) is 1.83. The molecule has 4 aromatic rings. The smallest absolute Gasteiger partial charge is 0.134 e. The van der Waals surface area contributed by atoms with Crippen molar-refractivity contribution in [3.8, 4) is 34.6 Å². The van der Waals surface area contributed by atoms with Gasteiger partial charge in [-0.3, -0.25) is 0 Å². The number of methoxy groups -OCH3 is 1. The van der Waals surface area contributed by atoms with E-state index in [4.69, 9.17) is 9.47 Å². The van der Waals surface area contributed by atoms with Gasteiger partial charge in [-0.05, 0) is 60.2 Å². The van der Waals surface area contributed by atoms with E-state index in [9.17, 15) is 5.26 Å². The molecule has 0 unspecified atom stereocenters. The van der Waals surface area contributed by atoms with Crippen LogP contribution >= 0.6 is 11.3 Å². The second kappa shape index (κ2) is 9.08. The number of para-hydroxylation sites is 1. The van der Waals surface area contributed by atoms with Crippen molar-refractivity contribution in [3.63, 3.8) is 0 Å². The Kier molecular flexibility index (Phi) is 5.88. The van der Waals surface area contributed by atoms with Crippen LogP contribution in [0.3, 0.4) is 0 Å². The average molecular weight is 410 g/mol. The minimum Gasteiger partial charge on any atom is -0.497 e. The second-order valence-electron chi connectivity index (χ2n) is 6.42. The minimum atomic E-state index is 0.511. The molecule has 0 aliphatic carbocycles. The third-order valence-electron chi connectivity index (χ3n) is 4.39. The Labute approximate surface area is 179 Å². The molecule has 0 atom stereocenters. The Morgan fingerprint density at radius 2 is 1.70 bits per heavy atom. The van der Waals surface area contributed by atoms with Crippen molar-refractivity contribution in [2.24, 2.45) is 0 Å². The molecule has 1 heterocycles. The first kappa shape index (κ1) is 19.4. The van der Waals surface area contributed by atoms with E-state index in [1.807, 2.05) is 90.3 Å². The summed E-state index contributed by atoms with van der Waals surface area (Å²) in [6.45, 7) is 0. The summed E-state index contributed by atoms with van der Waals surface area (Å²) < 4.78 is 11.1. The van der Waals surface area contributed by atoms with E-state index >= 15 is 0 Å². The van der Waals surface area contributed by atoms with E-state index in [0.717, 1.165) is 28.3 Å². The lowest BCUT2D eigenvalue weighted by atomic mass is 10.1. The average Bonchev–Trinajstić information content (AvgIpc) is 3.28. The van der Waals surface area contributed by atoms with Gasteiger partial charge in [-0.2, -0.15) is 5.26 Å². The molecule has 0 N–H and O–H groups in total. The van der Waals surface area contributed by atoms with Crippen molar-refractivity contribution in [1.82, 2.24) is 4.98 Å². The predicted molar refractivity (Wildman–Crippen MR) is 121 cm³/mol. The highest BCUT2D eigenvalue weighted by Gasteiger charge is 2.10. The Morgan fingerprint density at radius 1 is 0.933 bits per heavy atom. The molecule has 0 radical (unpaired) electrons. The molecule has 4 rings (SSSR count). The molecule has 5 heteroatoms. The summed E-state index contributed by atoms with van der Waals surface area (Å²) in [7, 11) is 1.64. The van der Waals surface area contributed by atoms with E-state index in [0.29, 0.717) is 16.3 Å². The number of allylic oxidation sites excluding steroid dienone is 1. The van der Waals surface area contributed by atoms with Gasteiger partial charge in [0, 0.05) is 10.9 Å². The van der Waals surface area contributed by atoms with E-state index in [2.05, 4.69) is 11.1 Å². The zero-order valence-electron chi connectivity index (χ0n) is 16.3. The molecule has 4 nitrogen and oxygen atoms in total.